The van der Waals surface area contributed by atoms with Gasteiger partial charge < -0.3 is 16.0 Å². The average Bonchev–Trinajstić information content (AvgIpc) is 3.28. The van der Waals surface area contributed by atoms with Crippen LogP contribution in [0.15, 0.2) is 0 Å². The van der Waals surface area contributed by atoms with Gasteiger partial charge in [-0.3, -0.25) is 4.79 Å². The van der Waals surface area contributed by atoms with E-state index in [-0.39, 0.29) is 24.8 Å². The highest BCUT2D eigenvalue weighted by molar-refractivity contribution is 7.89. The summed E-state index contributed by atoms with van der Waals surface area (Å²) >= 11 is 0. The predicted molar refractivity (Wildman–Crippen MR) is 128 cm³/mol. The van der Waals surface area contributed by atoms with Crippen LogP contribution in [0.25, 0.3) is 0 Å². The average molecular weight is 523 g/mol. The van der Waals surface area contributed by atoms with Crippen molar-refractivity contribution in [3.8, 4) is 0 Å². The molecule has 0 spiro atoms. The van der Waals surface area contributed by atoms with E-state index in [1.807, 2.05) is 0 Å². The van der Waals surface area contributed by atoms with E-state index in [0.717, 1.165) is 58.0 Å². The minimum absolute atomic E-state index is 0.0355. The molecule has 7 nitrogen and oxygen atoms in total. The van der Waals surface area contributed by atoms with Gasteiger partial charge in [0.05, 0.1) is 17.2 Å². The van der Waals surface area contributed by atoms with Gasteiger partial charge in [0.25, 0.3) is 0 Å². The van der Waals surface area contributed by atoms with E-state index in [1.54, 1.807) is 0 Å². The van der Waals surface area contributed by atoms with Crippen molar-refractivity contribution in [3.05, 3.63) is 0 Å². The number of piperidine rings is 2. The van der Waals surface area contributed by atoms with Crippen LogP contribution in [-0.4, -0.2) is 74.9 Å². The molecule has 3 N–H and O–H groups in total. The number of carbonyl (C=O) groups excluding carboxylic acids is 1. The number of hydrogen-bond acceptors (Lipinski definition) is 5. The maximum Gasteiger partial charge on any atom is 0.391 e. The van der Waals surface area contributed by atoms with Crippen molar-refractivity contribution in [1.29, 1.82) is 0 Å². The van der Waals surface area contributed by atoms with Crippen LogP contribution in [0, 0.1) is 17.8 Å². The summed E-state index contributed by atoms with van der Waals surface area (Å²) in [6.45, 7) is 3.45. The van der Waals surface area contributed by atoms with Crippen LogP contribution in [-0.2, 0) is 14.8 Å². The molecule has 0 radical (unpaired) electrons. The monoisotopic (exact) mass is 522 g/mol. The number of alkyl halides is 3. The van der Waals surface area contributed by atoms with E-state index >= 15 is 0 Å². The molecule has 0 aromatic carbocycles. The second-order valence-electron chi connectivity index (χ2n) is 11.0. The molecule has 0 aromatic heterocycles. The second kappa shape index (κ2) is 11.6. The highest BCUT2D eigenvalue weighted by Gasteiger charge is 2.46. The topological polar surface area (TPSA) is 90.5 Å². The largest absolute Gasteiger partial charge is 0.391 e. The summed E-state index contributed by atoms with van der Waals surface area (Å²) in [5.41, 5.74) is 0. The first-order valence-corrected chi connectivity index (χ1v) is 14.9. The van der Waals surface area contributed by atoms with Crippen LogP contribution in [0.3, 0.4) is 0 Å². The minimum atomic E-state index is -4.32. The van der Waals surface area contributed by atoms with E-state index < -0.39 is 27.4 Å². The van der Waals surface area contributed by atoms with Gasteiger partial charge >= 0.3 is 6.18 Å². The highest BCUT2D eigenvalue weighted by atomic mass is 32.2. The quantitative estimate of drug-likeness (QED) is 0.427. The maximum atomic E-state index is 13.1. The Morgan fingerprint density at radius 3 is 2.51 bits per heavy atom. The molecule has 202 valence electrons. The van der Waals surface area contributed by atoms with Gasteiger partial charge in [0.1, 0.15) is 0 Å². The maximum absolute atomic E-state index is 13.1. The van der Waals surface area contributed by atoms with Crippen molar-refractivity contribution in [2.45, 2.75) is 94.1 Å². The summed E-state index contributed by atoms with van der Waals surface area (Å²) in [7, 11) is -3.68. The van der Waals surface area contributed by atoms with Crippen molar-refractivity contribution in [1.82, 2.24) is 20.3 Å². The molecule has 5 unspecified atom stereocenters. The molecule has 1 saturated carbocycles. The molecular formula is C24H41F3N4O3S. The van der Waals surface area contributed by atoms with Crippen LogP contribution in [0.5, 0.6) is 0 Å². The lowest BCUT2D eigenvalue weighted by Crippen LogP contribution is -2.46. The lowest BCUT2D eigenvalue weighted by molar-refractivity contribution is -0.181. The van der Waals surface area contributed by atoms with Crippen LogP contribution >= 0.6 is 0 Å². The molecule has 1 aliphatic carbocycles. The van der Waals surface area contributed by atoms with Gasteiger partial charge in [-0.1, -0.05) is 19.3 Å². The number of carbonyl (C=O) groups is 1. The third kappa shape index (κ3) is 6.90. The van der Waals surface area contributed by atoms with E-state index in [2.05, 4.69) is 16.0 Å². The van der Waals surface area contributed by atoms with Gasteiger partial charge in [0.15, 0.2) is 0 Å². The van der Waals surface area contributed by atoms with Gasteiger partial charge in [-0.15, -0.1) is 0 Å². The summed E-state index contributed by atoms with van der Waals surface area (Å²) in [6.07, 6.45) is 2.39. The van der Waals surface area contributed by atoms with Crippen LogP contribution in [0.1, 0.15) is 70.6 Å². The number of nitrogens with zero attached hydrogens (tertiary/aromatic N) is 1. The standard InChI is InChI=1S/C24H41F3N4O3S/c25-24(26,27)19-5-3-6-20(15-19)35(33,34)31-12-8-17(9-13-31)4-1-2-10-29-23(32)22-14-18-16-28-11-7-21(18)30-22/h17-22,28,30H,1-16H2,(H,29,32). The zero-order valence-corrected chi connectivity index (χ0v) is 21.3. The number of halogens is 3. The van der Waals surface area contributed by atoms with E-state index in [0.29, 0.717) is 50.4 Å². The molecule has 3 heterocycles. The summed E-state index contributed by atoms with van der Waals surface area (Å²) in [6, 6.07) is 0.359. The third-order valence-electron chi connectivity index (χ3n) is 8.66. The lowest BCUT2D eigenvalue weighted by atomic mass is 9.88. The smallest absolute Gasteiger partial charge is 0.355 e. The Morgan fingerprint density at radius 2 is 1.80 bits per heavy atom. The summed E-state index contributed by atoms with van der Waals surface area (Å²) in [5, 5.41) is 9.02. The number of rotatable bonds is 8. The number of fused-ring (bicyclic) bond motifs is 1. The Bertz CT molecular complexity index is 803. The van der Waals surface area contributed by atoms with E-state index in [1.165, 1.54) is 4.31 Å². The fourth-order valence-electron chi connectivity index (χ4n) is 6.47. The van der Waals surface area contributed by atoms with Crippen molar-refractivity contribution in [2.75, 3.05) is 32.7 Å². The predicted octanol–water partition coefficient (Wildman–Crippen LogP) is 2.78. The van der Waals surface area contributed by atoms with Gasteiger partial charge in [-0.2, -0.15) is 13.2 Å². The Morgan fingerprint density at radius 1 is 1.03 bits per heavy atom. The molecule has 11 heteroatoms. The summed E-state index contributed by atoms with van der Waals surface area (Å²) in [5.74, 6) is -0.440. The number of amides is 1. The van der Waals surface area contributed by atoms with Gasteiger partial charge in [-0.25, -0.2) is 12.7 Å². The molecule has 1 amide bonds. The first-order valence-electron chi connectivity index (χ1n) is 13.4. The second-order valence-corrected chi connectivity index (χ2v) is 13.2. The molecular weight excluding hydrogens is 481 g/mol. The molecule has 4 rings (SSSR count). The third-order valence-corrected chi connectivity index (χ3v) is 11.0. The van der Waals surface area contributed by atoms with Gasteiger partial charge in [0, 0.05) is 25.7 Å². The molecule has 3 saturated heterocycles. The fraction of sp³-hybridized carbons (Fsp3) is 0.958. The molecule has 0 aromatic rings. The Balaban J connectivity index is 1.11. The van der Waals surface area contributed by atoms with Crippen molar-refractivity contribution in [3.63, 3.8) is 0 Å². The summed E-state index contributed by atoms with van der Waals surface area (Å²) < 4.78 is 66.8. The molecule has 0 bridgehead atoms. The number of hydrogen-bond donors (Lipinski definition) is 3. The highest BCUT2D eigenvalue weighted by Crippen LogP contribution is 2.40. The molecule has 4 fully saturated rings. The normalized spacial score (nSPS) is 33.4. The van der Waals surface area contributed by atoms with Gasteiger partial charge in [0.2, 0.25) is 15.9 Å². The first-order chi connectivity index (χ1) is 16.6. The number of unbranched alkanes of at least 4 members (excludes halogenated alkanes) is 1. The van der Waals surface area contributed by atoms with E-state index in [9.17, 15) is 26.4 Å². The zero-order valence-electron chi connectivity index (χ0n) is 20.5. The Hall–Kier alpha value is -0.910. The Kier molecular flexibility index (Phi) is 9.03. The van der Waals surface area contributed by atoms with Crippen molar-refractivity contribution >= 4 is 15.9 Å². The molecule has 35 heavy (non-hydrogen) atoms. The van der Waals surface area contributed by atoms with Crippen LogP contribution in [0.2, 0.25) is 0 Å². The molecule has 5 atom stereocenters. The zero-order chi connectivity index (χ0) is 25.1. The van der Waals surface area contributed by atoms with Gasteiger partial charge in [-0.05, 0) is 76.3 Å². The number of nitrogens with one attached hydrogen (secondary N) is 3. The van der Waals surface area contributed by atoms with Crippen molar-refractivity contribution in [2.24, 2.45) is 17.8 Å². The Labute approximate surface area is 207 Å². The molecule has 3 aliphatic heterocycles. The fourth-order valence-corrected chi connectivity index (χ4v) is 8.55. The summed E-state index contributed by atoms with van der Waals surface area (Å²) in [4.78, 5) is 12.5. The van der Waals surface area contributed by atoms with Crippen molar-refractivity contribution < 1.29 is 26.4 Å². The van der Waals surface area contributed by atoms with Crippen LogP contribution in [0.4, 0.5) is 13.2 Å². The SMILES string of the molecule is O=C(NCCCCC1CCN(S(=O)(=O)C2CCCC(C(F)(F)F)C2)CC1)C1CC2CNCCC2N1. The van der Waals surface area contributed by atoms with E-state index in [4.69, 9.17) is 0 Å². The molecule has 4 aliphatic rings. The number of sulfonamides is 1. The van der Waals surface area contributed by atoms with Crippen LogP contribution < -0.4 is 16.0 Å². The first kappa shape index (κ1) is 27.1. The lowest BCUT2D eigenvalue weighted by Gasteiger charge is -2.37. The minimum Gasteiger partial charge on any atom is -0.355 e.